The number of fused-ring (bicyclic) bond motifs is 1. The smallest absolute Gasteiger partial charge is 0.337 e. The first-order valence-corrected chi connectivity index (χ1v) is 12.8. The quantitative estimate of drug-likeness (QED) is 0.502. The molecule has 0 radical (unpaired) electrons. The number of ether oxygens (including phenoxy) is 2. The van der Waals surface area contributed by atoms with E-state index >= 15 is 0 Å². The predicted octanol–water partition coefficient (Wildman–Crippen LogP) is 3.08. The van der Waals surface area contributed by atoms with Gasteiger partial charge in [0, 0.05) is 12.2 Å². The molecule has 0 fully saturated rings. The molecule has 35 heavy (non-hydrogen) atoms. The highest BCUT2D eigenvalue weighted by Gasteiger charge is 2.40. The molecule has 0 bridgehead atoms. The number of esters is 2. The highest BCUT2D eigenvalue weighted by atomic mass is 32.2. The third-order valence-corrected chi connectivity index (χ3v) is 8.84. The first-order valence-electron chi connectivity index (χ1n) is 10.5. The molecule has 3 aromatic rings. The number of nitrogens with zero attached hydrogens (tertiary/aromatic N) is 1. The molecule has 1 N–H and O–H groups in total. The second-order valence-corrected chi connectivity index (χ2v) is 10.8. The van der Waals surface area contributed by atoms with Crippen molar-refractivity contribution in [3.63, 3.8) is 0 Å². The number of nitrogens with one attached hydrogen (secondary N) is 1. The van der Waals surface area contributed by atoms with Crippen LogP contribution in [0.5, 0.6) is 0 Å². The van der Waals surface area contributed by atoms with Crippen LogP contribution in [-0.4, -0.2) is 50.8 Å². The number of amides is 1. The van der Waals surface area contributed by atoms with Gasteiger partial charge in [0.2, 0.25) is 5.91 Å². The van der Waals surface area contributed by atoms with Crippen molar-refractivity contribution < 1.29 is 32.3 Å². The molecule has 2 heterocycles. The lowest BCUT2D eigenvalue weighted by atomic mass is 9.95. The molecule has 1 atom stereocenters. The number of sulfonamides is 1. The summed E-state index contributed by atoms with van der Waals surface area (Å²) in [5.41, 5.74) is 1.87. The van der Waals surface area contributed by atoms with Crippen molar-refractivity contribution in [3.05, 3.63) is 82.2 Å². The fraction of sp³-hybridized carbons (Fsp3) is 0.208. The number of hydrogen-bond acceptors (Lipinski definition) is 8. The van der Waals surface area contributed by atoms with Gasteiger partial charge in [0.15, 0.2) is 0 Å². The van der Waals surface area contributed by atoms with Gasteiger partial charge in [-0.2, -0.15) is 4.31 Å². The molecule has 11 heteroatoms. The van der Waals surface area contributed by atoms with Crippen LogP contribution in [-0.2, 0) is 37.3 Å². The Kier molecular flexibility index (Phi) is 7.01. The van der Waals surface area contributed by atoms with E-state index in [9.17, 15) is 22.8 Å². The Morgan fingerprint density at radius 1 is 0.943 bits per heavy atom. The van der Waals surface area contributed by atoms with Crippen LogP contribution >= 0.6 is 11.3 Å². The summed E-state index contributed by atoms with van der Waals surface area (Å²) in [6.45, 7) is 0.0318. The first kappa shape index (κ1) is 24.6. The van der Waals surface area contributed by atoms with Crippen LogP contribution in [0.1, 0.15) is 31.8 Å². The highest BCUT2D eigenvalue weighted by Crippen LogP contribution is 2.31. The van der Waals surface area contributed by atoms with E-state index in [0.29, 0.717) is 0 Å². The van der Waals surface area contributed by atoms with E-state index < -0.39 is 33.9 Å². The summed E-state index contributed by atoms with van der Waals surface area (Å²) in [5.74, 6) is -2.02. The van der Waals surface area contributed by atoms with Gasteiger partial charge in [0.25, 0.3) is 10.0 Å². The molecule has 0 aliphatic carbocycles. The lowest BCUT2D eigenvalue weighted by Crippen LogP contribution is -2.50. The van der Waals surface area contributed by atoms with E-state index in [0.717, 1.165) is 22.5 Å². The van der Waals surface area contributed by atoms with Crippen molar-refractivity contribution in [1.82, 2.24) is 4.31 Å². The van der Waals surface area contributed by atoms with E-state index in [2.05, 4.69) is 5.32 Å². The van der Waals surface area contributed by atoms with Crippen LogP contribution in [0.25, 0.3) is 0 Å². The molecule has 1 aliphatic rings. The Morgan fingerprint density at radius 2 is 1.57 bits per heavy atom. The summed E-state index contributed by atoms with van der Waals surface area (Å²) in [6, 6.07) is 13.4. The van der Waals surface area contributed by atoms with Crippen LogP contribution in [0.3, 0.4) is 0 Å². The van der Waals surface area contributed by atoms with E-state index in [1.807, 2.05) is 24.3 Å². The van der Waals surface area contributed by atoms with Crippen molar-refractivity contribution in [1.29, 1.82) is 0 Å². The average Bonchev–Trinajstić information content (AvgIpc) is 3.42. The largest absolute Gasteiger partial charge is 0.465 e. The van der Waals surface area contributed by atoms with Crippen LogP contribution in [0.2, 0.25) is 0 Å². The SMILES string of the molecule is COC(=O)c1cc(NC(=O)[C@@H]2Cc3ccccc3CN2S(=O)(=O)c2cccs2)cc(C(=O)OC)c1. The second-order valence-electron chi connectivity index (χ2n) is 7.74. The second kappa shape index (κ2) is 9.98. The Hall–Kier alpha value is -3.54. The monoisotopic (exact) mass is 514 g/mol. The van der Waals surface area contributed by atoms with Gasteiger partial charge < -0.3 is 14.8 Å². The Labute approximate surface area is 206 Å². The lowest BCUT2D eigenvalue weighted by Gasteiger charge is -2.34. The average molecular weight is 515 g/mol. The zero-order chi connectivity index (χ0) is 25.2. The fourth-order valence-electron chi connectivity index (χ4n) is 3.90. The van der Waals surface area contributed by atoms with Gasteiger partial charge >= 0.3 is 11.9 Å². The third-order valence-electron chi connectivity index (χ3n) is 5.61. The van der Waals surface area contributed by atoms with Crippen LogP contribution < -0.4 is 5.32 Å². The number of hydrogen-bond donors (Lipinski definition) is 1. The maximum absolute atomic E-state index is 13.5. The van der Waals surface area contributed by atoms with Gasteiger partial charge in [-0.05, 0) is 47.2 Å². The van der Waals surface area contributed by atoms with Gasteiger partial charge in [0.1, 0.15) is 10.3 Å². The Bertz CT molecular complexity index is 1350. The zero-order valence-corrected chi connectivity index (χ0v) is 20.5. The van der Waals surface area contributed by atoms with Crippen LogP contribution in [0.15, 0.2) is 64.2 Å². The first-order chi connectivity index (χ1) is 16.7. The molecule has 9 nitrogen and oxygen atoms in total. The van der Waals surface area contributed by atoms with Crippen LogP contribution in [0, 0.1) is 0 Å². The fourth-order valence-corrected chi connectivity index (χ4v) is 6.58. The number of rotatable bonds is 6. The molecule has 0 saturated heterocycles. The van der Waals surface area contributed by atoms with Gasteiger partial charge in [0.05, 0.1) is 25.3 Å². The minimum Gasteiger partial charge on any atom is -0.465 e. The molecule has 182 valence electrons. The van der Waals surface area contributed by atoms with Crippen molar-refractivity contribution in [3.8, 4) is 0 Å². The zero-order valence-electron chi connectivity index (χ0n) is 18.9. The standard InChI is InChI=1S/C24H22N2O7S2/c1-32-23(28)17-10-18(24(29)33-2)12-19(11-17)25-22(27)20-13-15-6-3-4-7-16(15)14-26(20)35(30,31)21-8-5-9-34-21/h3-12,20H,13-14H2,1-2H3,(H,25,27)/t20-/m0/s1. The minimum absolute atomic E-state index is 0.0303. The van der Waals surface area contributed by atoms with E-state index in [1.54, 1.807) is 11.4 Å². The minimum atomic E-state index is -3.96. The Morgan fingerprint density at radius 3 is 2.14 bits per heavy atom. The molecule has 2 aromatic carbocycles. The van der Waals surface area contributed by atoms with Crippen LogP contribution in [0.4, 0.5) is 5.69 Å². The molecule has 0 unspecified atom stereocenters. The maximum Gasteiger partial charge on any atom is 0.337 e. The molecule has 1 amide bonds. The molecule has 0 saturated carbocycles. The number of benzene rings is 2. The summed E-state index contributed by atoms with van der Waals surface area (Å²) in [4.78, 5) is 37.6. The lowest BCUT2D eigenvalue weighted by molar-refractivity contribution is -0.120. The topological polar surface area (TPSA) is 119 Å². The van der Waals surface area contributed by atoms with Crippen molar-refractivity contribution in [2.24, 2.45) is 0 Å². The van der Waals surface area contributed by atoms with E-state index in [4.69, 9.17) is 9.47 Å². The predicted molar refractivity (Wildman–Crippen MR) is 129 cm³/mol. The Balaban J connectivity index is 1.71. The molecular formula is C24H22N2O7S2. The molecule has 1 aromatic heterocycles. The number of carbonyl (C=O) groups excluding carboxylic acids is 3. The summed E-state index contributed by atoms with van der Waals surface area (Å²) < 4.78 is 37.6. The van der Waals surface area contributed by atoms with Gasteiger partial charge in [-0.25, -0.2) is 18.0 Å². The number of thiophene rings is 1. The number of carbonyl (C=O) groups is 3. The molecule has 1 aliphatic heterocycles. The molecular weight excluding hydrogens is 492 g/mol. The summed E-state index contributed by atoms with van der Waals surface area (Å²) in [5, 5.41) is 4.33. The summed E-state index contributed by atoms with van der Waals surface area (Å²) >= 11 is 1.07. The summed E-state index contributed by atoms with van der Waals surface area (Å²) in [7, 11) is -1.57. The highest BCUT2D eigenvalue weighted by molar-refractivity contribution is 7.91. The maximum atomic E-state index is 13.5. The number of methoxy groups -OCH3 is 2. The molecule has 0 spiro atoms. The van der Waals surface area contributed by atoms with Gasteiger partial charge in [-0.15, -0.1) is 11.3 Å². The van der Waals surface area contributed by atoms with Crippen molar-refractivity contribution in [2.45, 2.75) is 23.2 Å². The normalized spacial score (nSPS) is 15.7. The van der Waals surface area contributed by atoms with Gasteiger partial charge in [-0.3, -0.25) is 4.79 Å². The van der Waals surface area contributed by atoms with Crippen molar-refractivity contribution in [2.75, 3.05) is 19.5 Å². The van der Waals surface area contributed by atoms with Gasteiger partial charge in [-0.1, -0.05) is 30.3 Å². The van der Waals surface area contributed by atoms with Crippen molar-refractivity contribution >= 4 is 44.9 Å². The number of anilines is 1. The van der Waals surface area contributed by atoms with E-state index in [1.165, 1.54) is 42.8 Å². The summed E-state index contributed by atoms with van der Waals surface area (Å²) in [6.07, 6.45) is 0.160. The molecule has 4 rings (SSSR count). The van der Waals surface area contributed by atoms with E-state index in [-0.39, 0.29) is 34.0 Å². The third kappa shape index (κ3) is 4.97.